The lowest BCUT2D eigenvalue weighted by Crippen LogP contribution is -2.50. The minimum absolute atomic E-state index is 0.251. The summed E-state index contributed by atoms with van der Waals surface area (Å²) in [5.74, 6) is 2.31. The van der Waals surface area contributed by atoms with Crippen molar-refractivity contribution in [3.05, 3.63) is 0 Å². The molecule has 0 aromatic heterocycles. The van der Waals surface area contributed by atoms with E-state index in [1.807, 2.05) is 0 Å². The molecule has 2 N–H and O–H groups in total. The molecule has 3 heteroatoms. The molecule has 1 fully saturated rings. The first-order valence-corrected chi connectivity index (χ1v) is 8.04. The van der Waals surface area contributed by atoms with Gasteiger partial charge in [-0.2, -0.15) is 0 Å². The predicted molar refractivity (Wildman–Crippen MR) is 82.3 cm³/mol. The topological polar surface area (TPSA) is 35.5 Å². The molecular weight excluding hydrogens is 236 g/mol. The smallest absolute Gasteiger partial charge is 0.0584 e. The Morgan fingerprint density at radius 3 is 2.58 bits per heavy atom. The summed E-state index contributed by atoms with van der Waals surface area (Å²) in [7, 11) is 2.14. The number of hydrogen-bond donors (Lipinski definition) is 2. The molecule has 0 heterocycles. The Hall–Kier alpha value is -0.120. The van der Waals surface area contributed by atoms with Crippen LogP contribution in [0.4, 0.5) is 0 Å². The first kappa shape index (κ1) is 16.9. The van der Waals surface area contributed by atoms with E-state index in [0.29, 0.717) is 12.0 Å². The van der Waals surface area contributed by atoms with Crippen LogP contribution in [0.5, 0.6) is 0 Å². The summed E-state index contributed by atoms with van der Waals surface area (Å²) in [6.07, 6.45) is 3.85. The van der Waals surface area contributed by atoms with Gasteiger partial charge in [0, 0.05) is 18.6 Å². The summed E-state index contributed by atoms with van der Waals surface area (Å²) >= 11 is 0. The van der Waals surface area contributed by atoms with Crippen molar-refractivity contribution in [3.8, 4) is 0 Å². The van der Waals surface area contributed by atoms with Crippen LogP contribution in [-0.2, 0) is 0 Å². The van der Waals surface area contributed by atoms with Gasteiger partial charge < -0.3 is 15.3 Å². The van der Waals surface area contributed by atoms with E-state index in [0.717, 1.165) is 24.9 Å². The van der Waals surface area contributed by atoms with Crippen LogP contribution in [0.2, 0.25) is 0 Å². The van der Waals surface area contributed by atoms with Crippen LogP contribution in [0.25, 0.3) is 0 Å². The van der Waals surface area contributed by atoms with E-state index in [4.69, 9.17) is 0 Å². The Morgan fingerprint density at radius 2 is 2.00 bits per heavy atom. The average Bonchev–Trinajstić information content (AvgIpc) is 2.38. The molecule has 0 saturated heterocycles. The van der Waals surface area contributed by atoms with Crippen molar-refractivity contribution in [2.75, 3.05) is 26.7 Å². The highest BCUT2D eigenvalue weighted by Gasteiger charge is 2.34. The quantitative estimate of drug-likeness (QED) is 0.745. The summed E-state index contributed by atoms with van der Waals surface area (Å²) in [4.78, 5) is 2.32. The predicted octanol–water partition coefficient (Wildman–Crippen LogP) is 2.35. The van der Waals surface area contributed by atoms with Crippen molar-refractivity contribution in [3.63, 3.8) is 0 Å². The van der Waals surface area contributed by atoms with Gasteiger partial charge in [-0.3, -0.25) is 0 Å². The molecular formula is C16H34N2O. The van der Waals surface area contributed by atoms with Crippen LogP contribution >= 0.6 is 0 Å². The van der Waals surface area contributed by atoms with E-state index < -0.39 is 0 Å². The second-order valence-corrected chi connectivity index (χ2v) is 6.75. The van der Waals surface area contributed by atoms with Crippen molar-refractivity contribution >= 4 is 0 Å². The zero-order chi connectivity index (χ0) is 14.4. The number of likely N-dealkylation sites (N-methyl/N-ethyl adjacent to an activating group) is 1. The third-order valence-electron chi connectivity index (χ3n) is 4.85. The van der Waals surface area contributed by atoms with Crippen LogP contribution < -0.4 is 5.32 Å². The highest BCUT2D eigenvalue weighted by Crippen LogP contribution is 2.34. The van der Waals surface area contributed by atoms with E-state index in [-0.39, 0.29) is 12.6 Å². The zero-order valence-corrected chi connectivity index (χ0v) is 13.5. The van der Waals surface area contributed by atoms with E-state index in [1.54, 1.807) is 0 Å². The number of aliphatic hydroxyl groups excluding tert-OH is 1. The Kier molecular flexibility index (Phi) is 7.33. The zero-order valence-electron chi connectivity index (χ0n) is 13.5. The van der Waals surface area contributed by atoms with Gasteiger partial charge in [0.05, 0.1) is 6.61 Å². The lowest BCUT2D eigenvalue weighted by molar-refractivity contribution is 0.0797. The van der Waals surface area contributed by atoms with Gasteiger partial charge in [-0.05, 0) is 57.5 Å². The van der Waals surface area contributed by atoms with Crippen LogP contribution in [-0.4, -0.2) is 48.8 Å². The van der Waals surface area contributed by atoms with Crippen LogP contribution in [0.3, 0.4) is 0 Å². The highest BCUT2D eigenvalue weighted by atomic mass is 16.3. The fourth-order valence-corrected chi connectivity index (χ4v) is 3.43. The molecule has 0 aromatic carbocycles. The molecule has 3 nitrogen and oxygen atoms in total. The minimum Gasteiger partial charge on any atom is -0.395 e. The van der Waals surface area contributed by atoms with E-state index in [1.165, 1.54) is 19.3 Å². The monoisotopic (exact) mass is 270 g/mol. The fraction of sp³-hybridized carbons (Fsp3) is 1.00. The minimum atomic E-state index is 0.251. The molecule has 5 unspecified atom stereocenters. The standard InChI is InChI=1S/C16H34N2O/c1-6-7-17-16-9-12(2)8-13(3)15(16)10-18(5)14(4)11-19/h12-17,19H,6-11H2,1-5H3. The van der Waals surface area contributed by atoms with Gasteiger partial charge in [0.25, 0.3) is 0 Å². The first-order chi connectivity index (χ1) is 8.99. The maximum atomic E-state index is 9.29. The van der Waals surface area contributed by atoms with Crippen LogP contribution in [0.1, 0.15) is 47.0 Å². The summed E-state index contributed by atoms with van der Waals surface area (Å²) < 4.78 is 0. The number of nitrogens with one attached hydrogen (secondary N) is 1. The van der Waals surface area contributed by atoms with Crippen molar-refractivity contribution in [2.24, 2.45) is 17.8 Å². The number of rotatable bonds is 7. The molecule has 1 aliphatic rings. The SMILES string of the molecule is CCCNC1CC(C)CC(C)C1CN(C)C(C)CO. The second kappa shape index (κ2) is 8.23. The molecule has 1 rings (SSSR count). The summed E-state index contributed by atoms with van der Waals surface area (Å²) in [5, 5.41) is 13.0. The molecule has 0 amide bonds. The second-order valence-electron chi connectivity index (χ2n) is 6.75. The van der Waals surface area contributed by atoms with E-state index in [9.17, 15) is 5.11 Å². The molecule has 114 valence electrons. The third-order valence-corrected chi connectivity index (χ3v) is 4.85. The van der Waals surface area contributed by atoms with Crippen LogP contribution in [0.15, 0.2) is 0 Å². The first-order valence-electron chi connectivity index (χ1n) is 8.04. The van der Waals surface area contributed by atoms with E-state index >= 15 is 0 Å². The molecule has 19 heavy (non-hydrogen) atoms. The Labute approximate surface area is 119 Å². The van der Waals surface area contributed by atoms with Crippen molar-refractivity contribution in [2.45, 2.75) is 59.0 Å². The van der Waals surface area contributed by atoms with Gasteiger partial charge in [0.15, 0.2) is 0 Å². The largest absolute Gasteiger partial charge is 0.395 e. The number of aliphatic hydroxyl groups is 1. The fourth-order valence-electron chi connectivity index (χ4n) is 3.43. The molecule has 1 aliphatic carbocycles. The summed E-state index contributed by atoms with van der Waals surface area (Å²) in [5.41, 5.74) is 0. The normalized spacial score (nSPS) is 33.6. The molecule has 1 saturated carbocycles. The maximum absolute atomic E-state index is 9.29. The van der Waals surface area contributed by atoms with Crippen LogP contribution in [0, 0.1) is 17.8 Å². The van der Waals surface area contributed by atoms with Gasteiger partial charge in [0.1, 0.15) is 0 Å². The molecule has 5 atom stereocenters. The Balaban J connectivity index is 2.62. The van der Waals surface area contributed by atoms with Gasteiger partial charge in [0.2, 0.25) is 0 Å². The summed E-state index contributed by atoms with van der Waals surface area (Å²) in [6.45, 7) is 11.6. The molecule has 0 aromatic rings. The Bertz CT molecular complexity index is 247. The maximum Gasteiger partial charge on any atom is 0.0584 e. The molecule has 0 aliphatic heterocycles. The molecule has 0 spiro atoms. The van der Waals surface area contributed by atoms with Crippen molar-refractivity contribution < 1.29 is 5.11 Å². The van der Waals surface area contributed by atoms with Gasteiger partial charge in [-0.1, -0.05) is 20.8 Å². The van der Waals surface area contributed by atoms with Gasteiger partial charge in [-0.15, -0.1) is 0 Å². The highest BCUT2D eigenvalue weighted by molar-refractivity contribution is 4.89. The average molecular weight is 270 g/mol. The van der Waals surface area contributed by atoms with E-state index in [2.05, 4.69) is 45.0 Å². The Morgan fingerprint density at radius 1 is 1.32 bits per heavy atom. The summed E-state index contributed by atoms with van der Waals surface area (Å²) in [6, 6.07) is 0.908. The molecule has 0 radical (unpaired) electrons. The number of nitrogens with zero attached hydrogens (tertiary/aromatic N) is 1. The lowest BCUT2D eigenvalue weighted by Gasteiger charge is -2.42. The van der Waals surface area contributed by atoms with Gasteiger partial charge in [-0.25, -0.2) is 0 Å². The lowest BCUT2D eigenvalue weighted by atomic mass is 9.72. The van der Waals surface area contributed by atoms with Crippen molar-refractivity contribution in [1.82, 2.24) is 10.2 Å². The molecule has 0 bridgehead atoms. The van der Waals surface area contributed by atoms with Crippen molar-refractivity contribution in [1.29, 1.82) is 0 Å². The number of hydrogen-bond acceptors (Lipinski definition) is 3. The van der Waals surface area contributed by atoms with Gasteiger partial charge >= 0.3 is 0 Å². The third kappa shape index (κ3) is 5.05.